The zero-order valence-electron chi connectivity index (χ0n) is 14.2. The van der Waals surface area contributed by atoms with Gasteiger partial charge < -0.3 is 19.5 Å². The number of alkyl halides is 3. The number of ether oxygens (including phenoxy) is 3. The Hall–Kier alpha value is -2.90. The highest BCUT2D eigenvalue weighted by Gasteiger charge is 2.32. The van der Waals surface area contributed by atoms with Crippen molar-refractivity contribution < 1.29 is 32.2 Å². The number of hydrogen-bond acceptors (Lipinski definition) is 4. The van der Waals surface area contributed by atoms with Gasteiger partial charge in [0.15, 0.2) is 0 Å². The Morgan fingerprint density at radius 2 is 1.73 bits per heavy atom. The fraction of sp³-hybridized carbons (Fsp3) is 0.278. The van der Waals surface area contributed by atoms with Crippen LogP contribution in [0.25, 0.3) is 0 Å². The Kier molecular flexibility index (Phi) is 6.32. The molecule has 1 amide bonds. The van der Waals surface area contributed by atoms with Gasteiger partial charge in [-0.2, -0.15) is 0 Å². The van der Waals surface area contributed by atoms with Gasteiger partial charge in [-0.3, -0.25) is 4.79 Å². The van der Waals surface area contributed by atoms with E-state index >= 15 is 0 Å². The van der Waals surface area contributed by atoms with Gasteiger partial charge in [0.05, 0.1) is 20.6 Å². The molecule has 0 aliphatic heterocycles. The topological polar surface area (TPSA) is 56.8 Å². The summed E-state index contributed by atoms with van der Waals surface area (Å²) in [6.07, 6.45) is -4.81. The van der Waals surface area contributed by atoms with Gasteiger partial charge in [-0.05, 0) is 24.3 Å². The number of methoxy groups -OCH3 is 2. The second-order valence-corrected chi connectivity index (χ2v) is 5.29. The predicted molar refractivity (Wildman–Crippen MR) is 88.2 cm³/mol. The molecule has 140 valence electrons. The molecule has 2 rings (SSSR count). The lowest BCUT2D eigenvalue weighted by molar-refractivity contribution is -0.274. The van der Waals surface area contributed by atoms with Crippen LogP contribution in [0, 0.1) is 0 Å². The van der Waals surface area contributed by atoms with Crippen LogP contribution >= 0.6 is 0 Å². The third-order valence-electron chi connectivity index (χ3n) is 3.51. The van der Waals surface area contributed by atoms with Crippen LogP contribution < -0.4 is 19.5 Å². The Morgan fingerprint density at radius 3 is 2.38 bits per heavy atom. The predicted octanol–water partition coefficient (Wildman–Crippen LogP) is 3.46. The number of amides is 1. The van der Waals surface area contributed by atoms with Crippen molar-refractivity contribution in [2.24, 2.45) is 0 Å². The van der Waals surface area contributed by atoms with Crippen molar-refractivity contribution in [3.05, 3.63) is 53.6 Å². The highest BCUT2D eigenvalue weighted by molar-refractivity contribution is 5.79. The SMILES string of the molecule is COc1ccc(OC)c(CC(=O)NCc2ccccc2OC(F)(F)F)c1. The summed E-state index contributed by atoms with van der Waals surface area (Å²) < 4.78 is 51.6. The van der Waals surface area contributed by atoms with Gasteiger partial charge in [0.2, 0.25) is 5.91 Å². The van der Waals surface area contributed by atoms with E-state index in [9.17, 15) is 18.0 Å². The van der Waals surface area contributed by atoms with Crippen LogP contribution in [0.1, 0.15) is 11.1 Å². The first-order valence-corrected chi connectivity index (χ1v) is 7.63. The summed E-state index contributed by atoms with van der Waals surface area (Å²) in [5, 5.41) is 2.58. The zero-order valence-corrected chi connectivity index (χ0v) is 14.2. The second-order valence-electron chi connectivity index (χ2n) is 5.29. The molecule has 0 aliphatic carbocycles. The van der Waals surface area contributed by atoms with E-state index in [4.69, 9.17) is 9.47 Å². The maximum atomic E-state index is 12.4. The molecule has 5 nitrogen and oxygen atoms in total. The normalized spacial score (nSPS) is 11.0. The Labute approximate surface area is 148 Å². The molecule has 0 unspecified atom stereocenters. The Morgan fingerprint density at radius 1 is 1.00 bits per heavy atom. The highest BCUT2D eigenvalue weighted by atomic mass is 19.4. The minimum Gasteiger partial charge on any atom is -0.497 e. The maximum absolute atomic E-state index is 12.4. The van der Waals surface area contributed by atoms with E-state index in [0.29, 0.717) is 17.1 Å². The number of nitrogens with one attached hydrogen (secondary N) is 1. The van der Waals surface area contributed by atoms with Crippen LogP contribution in [0.4, 0.5) is 13.2 Å². The third kappa shape index (κ3) is 5.58. The van der Waals surface area contributed by atoms with E-state index in [0.717, 1.165) is 0 Å². The molecule has 0 spiro atoms. The summed E-state index contributed by atoms with van der Waals surface area (Å²) in [5.41, 5.74) is 0.819. The molecule has 0 saturated carbocycles. The number of hydrogen-bond donors (Lipinski definition) is 1. The molecular weight excluding hydrogens is 351 g/mol. The van der Waals surface area contributed by atoms with Gasteiger partial charge in [0.25, 0.3) is 0 Å². The van der Waals surface area contributed by atoms with Crippen molar-refractivity contribution in [3.8, 4) is 17.2 Å². The summed E-state index contributed by atoms with van der Waals surface area (Å²) in [6, 6.07) is 10.7. The van der Waals surface area contributed by atoms with Gasteiger partial charge in [-0.15, -0.1) is 13.2 Å². The monoisotopic (exact) mass is 369 g/mol. The molecule has 2 aromatic rings. The lowest BCUT2D eigenvalue weighted by Gasteiger charge is -2.14. The first kappa shape index (κ1) is 19.4. The molecule has 8 heteroatoms. The van der Waals surface area contributed by atoms with Crippen LogP contribution in [0.5, 0.6) is 17.2 Å². The molecule has 0 aromatic heterocycles. The lowest BCUT2D eigenvalue weighted by atomic mass is 10.1. The van der Waals surface area contributed by atoms with E-state index in [-0.39, 0.29) is 30.2 Å². The van der Waals surface area contributed by atoms with Crippen molar-refractivity contribution in [2.45, 2.75) is 19.3 Å². The van der Waals surface area contributed by atoms with Crippen LogP contribution in [0.3, 0.4) is 0 Å². The molecule has 0 aliphatic rings. The number of rotatable bonds is 7. The summed E-state index contributed by atoms with van der Waals surface area (Å²) in [6.45, 7) is -0.0998. The van der Waals surface area contributed by atoms with Crippen molar-refractivity contribution >= 4 is 5.91 Å². The third-order valence-corrected chi connectivity index (χ3v) is 3.51. The first-order chi connectivity index (χ1) is 12.3. The van der Waals surface area contributed by atoms with Gasteiger partial charge in [0, 0.05) is 17.7 Å². The van der Waals surface area contributed by atoms with Crippen molar-refractivity contribution in [1.82, 2.24) is 5.32 Å². The fourth-order valence-corrected chi connectivity index (χ4v) is 2.32. The van der Waals surface area contributed by atoms with Crippen LogP contribution in [0.2, 0.25) is 0 Å². The number of carbonyl (C=O) groups excluding carboxylic acids is 1. The first-order valence-electron chi connectivity index (χ1n) is 7.63. The molecule has 1 N–H and O–H groups in total. The quantitative estimate of drug-likeness (QED) is 0.812. The number of benzene rings is 2. The summed E-state index contributed by atoms with van der Waals surface area (Å²) >= 11 is 0. The second kappa shape index (κ2) is 8.46. The maximum Gasteiger partial charge on any atom is 0.573 e. The average molecular weight is 369 g/mol. The molecule has 0 saturated heterocycles. The molecule has 0 radical (unpaired) electrons. The standard InChI is InChI=1S/C18H18F3NO4/c1-24-14-7-8-15(25-2)13(9-14)10-17(23)22-11-12-5-3-4-6-16(12)26-18(19,20)21/h3-9H,10-11H2,1-2H3,(H,22,23). The number of carbonyl (C=O) groups is 1. The van der Waals surface area contributed by atoms with E-state index in [1.54, 1.807) is 24.3 Å². The van der Waals surface area contributed by atoms with Gasteiger partial charge >= 0.3 is 6.36 Å². The highest BCUT2D eigenvalue weighted by Crippen LogP contribution is 2.27. The zero-order chi connectivity index (χ0) is 19.2. The molecular formula is C18H18F3NO4. The molecule has 0 atom stereocenters. The van der Waals surface area contributed by atoms with E-state index in [2.05, 4.69) is 10.1 Å². The van der Waals surface area contributed by atoms with Crippen LogP contribution in [0.15, 0.2) is 42.5 Å². The van der Waals surface area contributed by atoms with Crippen LogP contribution in [-0.2, 0) is 17.8 Å². The Balaban J connectivity index is 2.04. The van der Waals surface area contributed by atoms with Crippen LogP contribution in [-0.4, -0.2) is 26.5 Å². The van der Waals surface area contributed by atoms with Crippen molar-refractivity contribution in [2.75, 3.05) is 14.2 Å². The summed E-state index contributed by atoms with van der Waals surface area (Å²) in [7, 11) is 2.98. The summed E-state index contributed by atoms with van der Waals surface area (Å²) in [5.74, 6) is 0.358. The van der Waals surface area contributed by atoms with E-state index in [1.165, 1.54) is 32.4 Å². The van der Waals surface area contributed by atoms with Gasteiger partial charge in [0.1, 0.15) is 17.2 Å². The van der Waals surface area contributed by atoms with Crippen molar-refractivity contribution in [3.63, 3.8) is 0 Å². The Bertz CT molecular complexity index is 762. The average Bonchev–Trinajstić information content (AvgIpc) is 2.59. The largest absolute Gasteiger partial charge is 0.573 e. The van der Waals surface area contributed by atoms with Gasteiger partial charge in [-0.25, -0.2) is 0 Å². The van der Waals surface area contributed by atoms with E-state index in [1.807, 2.05) is 0 Å². The smallest absolute Gasteiger partial charge is 0.497 e. The molecule has 0 heterocycles. The molecule has 0 bridgehead atoms. The minimum atomic E-state index is -4.80. The number of para-hydroxylation sites is 1. The molecule has 0 fully saturated rings. The number of halogens is 3. The summed E-state index contributed by atoms with van der Waals surface area (Å²) in [4.78, 5) is 12.2. The van der Waals surface area contributed by atoms with Gasteiger partial charge in [-0.1, -0.05) is 18.2 Å². The lowest BCUT2D eigenvalue weighted by Crippen LogP contribution is -2.26. The fourth-order valence-electron chi connectivity index (χ4n) is 2.32. The molecule has 26 heavy (non-hydrogen) atoms. The van der Waals surface area contributed by atoms with Crippen molar-refractivity contribution in [1.29, 1.82) is 0 Å². The van der Waals surface area contributed by atoms with E-state index < -0.39 is 6.36 Å². The molecule has 2 aromatic carbocycles. The minimum absolute atomic E-state index is 0.0112.